The van der Waals surface area contributed by atoms with Gasteiger partial charge in [-0.1, -0.05) is 47.7 Å². The maximum atomic E-state index is 13.8. The van der Waals surface area contributed by atoms with Crippen LogP contribution in [0.2, 0.25) is 5.02 Å². The summed E-state index contributed by atoms with van der Waals surface area (Å²) in [5, 5.41) is 0.637. The molecule has 1 aliphatic rings. The molecule has 0 fully saturated rings. The highest BCUT2D eigenvalue weighted by Crippen LogP contribution is 2.32. The van der Waals surface area contributed by atoms with E-state index in [0.717, 1.165) is 11.1 Å². The number of hydrogen-bond acceptors (Lipinski definition) is 7. The molecule has 0 aliphatic carbocycles. The van der Waals surface area contributed by atoms with E-state index in [2.05, 4.69) is 11.6 Å². The number of benzene rings is 2. The number of allylic oxidation sites excluding steroid dienone is 1. The Hall–Kier alpha value is -4.14. The number of rotatable bonds is 8. The van der Waals surface area contributed by atoms with E-state index in [9.17, 15) is 9.59 Å². The van der Waals surface area contributed by atoms with Gasteiger partial charge in [-0.25, -0.2) is 9.79 Å². The molecule has 1 aliphatic heterocycles. The molecule has 198 valence electrons. The summed E-state index contributed by atoms with van der Waals surface area (Å²) in [5.41, 5.74) is 2.14. The first-order valence-electron chi connectivity index (χ1n) is 12.3. The van der Waals surface area contributed by atoms with Gasteiger partial charge in [0.2, 0.25) is 0 Å². The number of carbonyl (C=O) groups is 1. The fourth-order valence-electron chi connectivity index (χ4n) is 4.34. The van der Waals surface area contributed by atoms with Crippen LogP contribution >= 0.6 is 22.9 Å². The number of nitrogens with zero attached hydrogens (tertiary/aromatic N) is 2. The molecule has 0 saturated carbocycles. The lowest BCUT2D eigenvalue weighted by molar-refractivity contribution is -0.139. The lowest BCUT2D eigenvalue weighted by Crippen LogP contribution is -2.39. The summed E-state index contributed by atoms with van der Waals surface area (Å²) in [6, 6.07) is 17.5. The van der Waals surface area contributed by atoms with Crippen LogP contribution in [0.1, 0.15) is 31.2 Å². The van der Waals surface area contributed by atoms with Crippen LogP contribution < -0.4 is 19.6 Å². The molecule has 2 aromatic heterocycles. The Morgan fingerprint density at radius 3 is 2.59 bits per heavy atom. The molecular weight excluding hydrogens is 536 g/mol. The standard InChI is InChI=1S/C30H25ClN2O5S/c1-4-16-37-22-12-8-20(9-13-22)27-26(29(35)36-5-2)18(3)32-30-33(27)28(34)25(39-30)17-23-14-15-24(38-23)19-6-10-21(31)11-7-19/h4,6-15,17,27H,1,5,16H2,2-3H3/b25-17-/t27-/m0/s1. The largest absolute Gasteiger partial charge is 0.490 e. The van der Waals surface area contributed by atoms with Crippen molar-refractivity contribution in [3.63, 3.8) is 0 Å². The average molecular weight is 561 g/mol. The van der Waals surface area contributed by atoms with Crippen molar-refractivity contribution in [1.82, 2.24) is 4.57 Å². The maximum Gasteiger partial charge on any atom is 0.338 e. The van der Waals surface area contributed by atoms with Gasteiger partial charge in [0.05, 0.1) is 28.5 Å². The lowest BCUT2D eigenvalue weighted by atomic mass is 9.96. The van der Waals surface area contributed by atoms with E-state index in [1.807, 2.05) is 30.3 Å². The zero-order chi connectivity index (χ0) is 27.5. The number of fused-ring (bicyclic) bond motifs is 1. The van der Waals surface area contributed by atoms with Gasteiger partial charge in [-0.2, -0.15) is 0 Å². The molecule has 5 rings (SSSR count). The maximum absolute atomic E-state index is 13.8. The molecule has 0 saturated heterocycles. The molecule has 0 spiro atoms. The van der Waals surface area contributed by atoms with Crippen LogP contribution in [-0.4, -0.2) is 23.8 Å². The third-order valence-corrected chi connectivity index (χ3v) is 7.34. The second-order valence-electron chi connectivity index (χ2n) is 8.68. The Morgan fingerprint density at radius 2 is 1.90 bits per heavy atom. The van der Waals surface area contributed by atoms with Crippen molar-refractivity contribution < 1.29 is 18.7 Å². The van der Waals surface area contributed by atoms with Gasteiger partial charge in [-0.05, 0) is 67.9 Å². The normalized spacial score (nSPS) is 15.1. The van der Waals surface area contributed by atoms with Crippen LogP contribution in [0.3, 0.4) is 0 Å². The zero-order valence-electron chi connectivity index (χ0n) is 21.3. The number of esters is 1. The van der Waals surface area contributed by atoms with Gasteiger partial charge in [0.15, 0.2) is 4.80 Å². The average Bonchev–Trinajstić information content (AvgIpc) is 3.52. The predicted octanol–water partition coefficient (Wildman–Crippen LogP) is 5.28. The fourth-order valence-corrected chi connectivity index (χ4v) is 5.49. The van der Waals surface area contributed by atoms with E-state index < -0.39 is 12.0 Å². The van der Waals surface area contributed by atoms with Crippen molar-refractivity contribution >= 4 is 35.0 Å². The molecule has 3 heterocycles. The molecule has 0 bridgehead atoms. The number of carbonyl (C=O) groups excluding carboxylic acids is 1. The van der Waals surface area contributed by atoms with Gasteiger partial charge in [0.25, 0.3) is 5.56 Å². The van der Waals surface area contributed by atoms with E-state index in [0.29, 0.717) is 49.5 Å². The Labute approximate surface area is 233 Å². The number of thiazole rings is 1. The molecule has 7 nitrogen and oxygen atoms in total. The molecule has 0 amide bonds. The molecule has 39 heavy (non-hydrogen) atoms. The van der Waals surface area contributed by atoms with E-state index in [1.165, 1.54) is 11.3 Å². The van der Waals surface area contributed by atoms with E-state index >= 15 is 0 Å². The summed E-state index contributed by atoms with van der Waals surface area (Å²) in [6.07, 6.45) is 3.35. The van der Waals surface area contributed by atoms with Crippen molar-refractivity contribution in [3.05, 3.63) is 121 Å². The molecule has 4 aromatic rings. The van der Waals surface area contributed by atoms with E-state index in [4.69, 9.17) is 25.5 Å². The van der Waals surface area contributed by atoms with Gasteiger partial charge in [-0.15, -0.1) is 0 Å². The molecule has 1 atom stereocenters. The molecule has 9 heteroatoms. The van der Waals surface area contributed by atoms with Crippen molar-refractivity contribution in [1.29, 1.82) is 0 Å². The second-order valence-corrected chi connectivity index (χ2v) is 10.1. The number of halogens is 1. The van der Waals surface area contributed by atoms with Crippen LogP contribution in [0.25, 0.3) is 17.4 Å². The van der Waals surface area contributed by atoms with Gasteiger partial charge in [0, 0.05) is 16.7 Å². The number of ether oxygens (including phenoxy) is 2. The third kappa shape index (κ3) is 5.39. The van der Waals surface area contributed by atoms with Crippen molar-refractivity contribution in [2.24, 2.45) is 4.99 Å². The fraction of sp³-hybridized carbons (Fsp3) is 0.167. The molecule has 0 N–H and O–H groups in total. The van der Waals surface area contributed by atoms with Crippen LogP contribution in [-0.2, 0) is 9.53 Å². The zero-order valence-corrected chi connectivity index (χ0v) is 22.9. The molecular formula is C30H25ClN2O5S. The van der Waals surface area contributed by atoms with Crippen LogP contribution in [0.15, 0.2) is 98.8 Å². The third-order valence-electron chi connectivity index (χ3n) is 6.11. The predicted molar refractivity (Wildman–Crippen MR) is 152 cm³/mol. The Bertz CT molecular complexity index is 1740. The highest BCUT2D eigenvalue weighted by atomic mass is 35.5. The summed E-state index contributed by atoms with van der Waals surface area (Å²) >= 11 is 7.23. The van der Waals surface area contributed by atoms with Gasteiger partial charge in [-0.3, -0.25) is 9.36 Å². The van der Waals surface area contributed by atoms with E-state index in [1.54, 1.807) is 60.9 Å². The Balaban J connectivity index is 1.59. The summed E-state index contributed by atoms with van der Waals surface area (Å²) in [5.74, 6) is 1.32. The van der Waals surface area contributed by atoms with Crippen molar-refractivity contribution in [2.75, 3.05) is 13.2 Å². The first-order chi connectivity index (χ1) is 18.9. The first-order valence-corrected chi connectivity index (χ1v) is 13.5. The summed E-state index contributed by atoms with van der Waals surface area (Å²) in [6.45, 7) is 7.73. The van der Waals surface area contributed by atoms with Gasteiger partial charge >= 0.3 is 5.97 Å². The monoisotopic (exact) mass is 560 g/mol. The van der Waals surface area contributed by atoms with Crippen LogP contribution in [0.5, 0.6) is 5.75 Å². The van der Waals surface area contributed by atoms with Crippen molar-refractivity contribution in [3.8, 4) is 17.1 Å². The topological polar surface area (TPSA) is 83.0 Å². The molecule has 0 unspecified atom stereocenters. The van der Waals surface area contributed by atoms with Crippen LogP contribution in [0.4, 0.5) is 0 Å². The molecule has 0 radical (unpaired) electrons. The highest BCUT2D eigenvalue weighted by Gasteiger charge is 2.33. The number of furan rings is 1. The highest BCUT2D eigenvalue weighted by molar-refractivity contribution is 7.07. The smallest absolute Gasteiger partial charge is 0.338 e. The van der Waals surface area contributed by atoms with Gasteiger partial charge in [0.1, 0.15) is 23.9 Å². The minimum Gasteiger partial charge on any atom is -0.490 e. The quantitative estimate of drug-likeness (QED) is 0.216. The molecule has 2 aromatic carbocycles. The summed E-state index contributed by atoms with van der Waals surface area (Å²) < 4.78 is 18.9. The van der Waals surface area contributed by atoms with Crippen molar-refractivity contribution in [2.45, 2.75) is 19.9 Å². The number of hydrogen-bond donors (Lipinski definition) is 0. The SMILES string of the molecule is C=CCOc1ccc([C@H]2C(C(=O)OCC)=C(C)N=c3s/c(=C\c4ccc(-c5ccc(Cl)cc5)o4)c(=O)n32)cc1. The summed E-state index contributed by atoms with van der Waals surface area (Å²) in [7, 11) is 0. The van der Waals surface area contributed by atoms with E-state index in [-0.39, 0.29) is 12.2 Å². The second kappa shape index (κ2) is 11.3. The summed E-state index contributed by atoms with van der Waals surface area (Å²) in [4.78, 5) is 31.9. The minimum absolute atomic E-state index is 0.204. The minimum atomic E-state index is -0.711. The first kappa shape index (κ1) is 26.5. The Kier molecular flexibility index (Phi) is 7.67. The Morgan fingerprint density at radius 1 is 1.15 bits per heavy atom. The van der Waals surface area contributed by atoms with Crippen LogP contribution in [0, 0.1) is 0 Å². The number of aromatic nitrogens is 1. The lowest BCUT2D eigenvalue weighted by Gasteiger charge is -2.24. The van der Waals surface area contributed by atoms with Gasteiger partial charge < -0.3 is 13.9 Å².